The average Bonchev–Trinajstić information content (AvgIpc) is 2.17. The second-order valence-electron chi connectivity index (χ2n) is 4.26. The van der Waals surface area contributed by atoms with Crippen molar-refractivity contribution < 1.29 is 13.2 Å². The van der Waals surface area contributed by atoms with E-state index in [4.69, 9.17) is 0 Å². The maximum absolute atomic E-state index is 12.2. The first-order chi connectivity index (χ1) is 7.40. The van der Waals surface area contributed by atoms with Crippen molar-refractivity contribution in [2.45, 2.75) is 38.8 Å². The zero-order chi connectivity index (χ0) is 12.2. The number of hydrogen-bond acceptors (Lipinski definition) is 1. The molecule has 1 aromatic heterocycles. The third-order valence-electron chi connectivity index (χ3n) is 2.61. The van der Waals surface area contributed by atoms with E-state index >= 15 is 0 Å². The molecule has 1 rings (SSSR count). The van der Waals surface area contributed by atoms with Gasteiger partial charge in [-0.25, -0.2) is 0 Å². The van der Waals surface area contributed by atoms with Crippen LogP contribution in [0.25, 0.3) is 0 Å². The Labute approximate surface area is 93.7 Å². The molecule has 1 unspecified atom stereocenters. The van der Waals surface area contributed by atoms with Gasteiger partial charge in [0.2, 0.25) is 0 Å². The number of rotatable bonds is 4. The Morgan fingerprint density at radius 2 is 1.94 bits per heavy atom. The maximum Gasteiger partial charge on any atom is 0.389 e. The maximum atomic E-state index is 12.2. The highest BCUT2D eigenvalue weighted by molar-refractivity contribution is 5.10. The number of alkyl halides is 3. The molecule has 0 aliphatic heterocycles. The van der Waals surface area contributed by atoms with E-state index in [0.717, 1.165) is 5.69 Å². The van der Waals surface area contributed by atoms with Crippen molar-refractivity contribution in [3.8, 4) is 0 Å². The summed E-state index contributed by atoms with van der Waals surface area (Å²) in [6, 6.07) is 5.37. The highest BCUT2D eigenvalue weighted by atomic mass is 19.4. The normalized spacial score (nSPS) is 14.1. The lowest BCUT2D eigenvalue weighted by Gasteiger charge is -2.20. The van der Waals surface area contributed by atoms with E-state index in [1.165, 1.54) is 0 Å². The highest BCUT2D eigenvalue weighted by Crippen LogP contribution is 2.32. The van der Waals surface area contributed by atoms with E-state index in [1.807, 2.05) is 19.9 Å². The van der Waals surface area contributed by atoms with Crippen LogP contribution in [0, 0.1) is 5.92 Å². The molecule has 4 heteroatoms. The minimum absolute atomic E-state index is 0.109. The topological polar surface area (TPSA) is 12.9 Å². The first-order valence-electron chi connectivity index (χ1n) is 5.38. The van der Waals surface area contributed by atoms with Gasteiger partial charge in [0.25, 0.3) is 0 Å². The Kier molecular flexibility index (Phi) is 4.33. The number of halogens is 3. The second kappa shape index (κ2) is 5.32. The molecule has 0 radical (unpaired) electrons. The van der Waals surface area contributed by atoms with Crippen molar-refractivity contribution in [1.29, 1.82) is 0 Å². The van der Waals surface area contributed by atoms with Crippen LogP contribution in [0.3, 0.4) is 0 Å². The second-order valence-corrected chi connectivity index (χ2v) is 4.26. The molecule has 1 nitrogen and oxygen atoms in total. The number of nitrogens with zero attached hydrogens (tertiary/aromatic N) is 1. The van der Waals surface area contributed by atoms with Crippen LogP contribution >= 0.6 is 0 Å². The summed E-state index contributed by atoms with van der Waals surface area (Å²) in [5, 5.41) is 0. The van der Waals surface area contributed by atoms with Crippen LogP contribution in [0.1, 0.15) is 38.3 Å². The Morgan fingerprint density at radius 1 is 1.25 bits per heavy atom. The summed E-state index contributed by atoms with van der Waals surface area (Å²) >= 11 is 0. The lowest BCUT2D eigenvalue weighted by atomic mass is 9.88. The van der Waals surface area contributed by atoms with Gasteiger partial charge in [-0.05, 0) is 24.5 Å². The minimum Gasteiger partial charge on any atom is -0.261 e. The van der Waals surface area contributed by atoms with Crippen LogP contribution in [0.4, 0.5) is 13.2 Å². The molecule has 0 aromatic carbocycles. The average molecular weight is 231 g/mol. The monoisotopic (exact) mass is 231 g/mol. The van der Waals surface area contributed by atoms with E-state index in [1.54, 1.807) is 18.3 Å². The highest BCUT2D eigenvalue weighted by Gasteiger charge is 2.29. The summed E-state index contributed by atoms with van der Waals surface area (Å²) in [7, 11) is 0. The Balaban J connectivity index is 2.70. The first kappa shape index (κ1) is 13.0. The number of pyridine rings is 1. The number of aromatic nitrogens is 1. The molecular formula is C12H16F3N. The molecule has 0 fully saturated rings. The molecule has 0 saturated heterocycles. The Bertz CT molecular complexity index is 306. The third kappa shape index (κ3) is 4.21. The van der Waals surface area contributed by atoms with E-state index in [9.17, 15) is 13.2 Å². The molecule has 1 atom stereocenters. The summed E-state index contributed by atoms with van der Waals surface area (Å²) in [6.07, 6.45) is -3.09. The Morgan fingerprint density at radius 3 is 2.38 bits per heavy atom. The molecule has 90 valence electrons. The lowest BCUT2D eigenvalue weighted by Crippen LogP contribution is -2.14. The molecule has 1 heterocycles. The van der Waals surface area contributed by atoms with Crippen molar-refractivity contribution in [3.63, 3.8) is 0 Å². The molecule has 0 N–H and O–H groups in total. The molecule has 0 spiro atoms. The zero-order valence-corrected chi connectivity index (χ0v) is 9.46. The van der Waals surface area contributed by atoms with Crippen molar-refractivity contribution in [1.82, 2.24) is 4.98 Å². The summed E-state index contributed by atoms with van der Waals surface area (Å²) < 4.78 is 36.5. The van der Waals surface area contributed by atoms with Gasteiger partial charge in [-0.3, -0.25) is 4.98 Å². The van der Waals surface area contributed by atoms with Crippen LogP contribution in [-0.4, -0.2) is 11.2 Å². The molecule has 0 aliphatic rings. The van der Waals surface area contributed by atoms with Gasteiger partial charge in [0.05, 0.1) is 0 Å². The van der Waals surface area contributed by atoms with Crippen LogP contribution < -0.4 is 0 Å². The van der Waals surface area contributed by atoms with Crippen LogP contribution in [0.15, 0.2) is 24.4 Å². The molecule has 0 aliphatic carbocycles. The number of hydrogen-bond donors (Lipinski definition) is 0. The predicted molar refractivity (Wildman–Crippen MR) is 57.1 cm³/mol. The van der Waals surface area contributed by atoms with Gasteiger partial charge in [0.15, 0.2) is 0 Å². The van der Waals surface area contributed by atoms with Gasteiger partial charge in [-0.2, -0.15) is 13.2 Å². The standard InChI is InChI=1S/C12H16F3N/c1-9(2)10(6-7-12(13,14)15)11-5-3-4-8-16-11/h3-5,8-10H,6-7H2,1-2H3. The third-order valence-corrected chi connectivity index (χ3v) is 2.61. The van der Waals surface area contributed by atoms with Crippen LogP contribution in [0.5, 0.6) is 0 Å². The van der Waals surface area contributed by atoms with Gasteiger partial charge < -0.3 is 0 Å². The summed E-state index contributed by atoms with van der Waals surface area (Å²) in [4.78, 5) is 4.13. The zero-order valence-electron chi connectivity index (χ0n) is 9.46. The smallest absolute Gasteiger partial charge is 0.261 e. The SMILES string of the molecule is CC(C)C(CCC(F)(F)F)c1ccccn1. The summed E-state index contributed by atoms with van der Waals surface area (Å²) in [5.41, 5.74) is 0.752. The van der Waals surface area contributed by atoms with E-state index in [2.05, 4.69) is 4.98 Å². The van der Waals surface area contributed by atoms with Gasteiger partial charge >= 0.3 is 6.18 Å². The quantitative estimate of drug-likeness (QED) is 0.758. The summed E-state index contributed by atoms with van der Waals surface area (Å²) in [6.45, 7) is 3.85. The fraction of sp³-hybridized carbons (Fsp3) is 0.583. The van der Waals surface area contributed by atoms with Crippen molar-refractivity contribution >= 4 is 0 Å². The van der Waals surface area contributed by atoms with E-state index in [-0.39, 0.29) is 18.3 Å². The van der Waals surface area contributed by atoms with Gasteiger partial charge in [-0.1, -0.05) is 19.9 Å². The van der Waals surface area contributed by atoms with Crippen molar-refractivity contribution in [3.05, 3.63) is 30.1 Å². The molecule has 0 amide bonds. The molecule has 0 saturated carbocycles. The molecule has 1 aromatic rings. The predicted octanol–water partition coefficient (Wildman–Crippen LogP) is 4.16. The lowest BCUT2D eigenvalue weighted by molar-refractivity contribution is -0.136. The molecule has 0 bridgehead atoms. The molecule has 16 heavy (non-hydrogen) atoms. The Hall–Kier alpha value is -1.06. The van der Waals surface area contributed by atoms with Crippen LogP contribution in [0.2, 0.25) is 0 Å². The molecular weight excluding hydrogens is 215 g/mol. The van der Waals surface area contributed by atoms with Crippen LogP contribution in [-0.2, 0) is 0 Å². The van der Waals surface area contributed by atoms with Gasteiger partial charge in [0.1, 0.15) is 0 Å². The fourth-order valence-electron chi connectivity index (χ4n) is 1.74. The largest absolute Gasteiger partial charge is 0.389 e. The van der Waals surface area contributed by atoms with E-state index in [0.29, 0.717) is 0 Å². The minimum atomic E-state index is -4.08. The first-order valence-corrected chi connectivity index (χ1v) is 5.38. The van der Waals surface area contributed by atoms with Crippen molar-refractivity contribution in [2.75, 3.05) is 0 Å². The van der Waals surface area contributed by atoms with Gasteiger partial charge in [0, 0.05) is 24.2 Å². The fourth-order valence-corrected chi connectivity index (χ4v) is 1.74. The van der Waals surface area contributed by atoms with Gasteiger partial charge in [-0.15, -0.1) is 0 Å². The van der Waals surface area contributed by atoms with E-state index < -0.39 is 12.6 Å². The summed E-state index contributed by atoms with van der Waals surface area (Å²) in [5.74, 6) is 0.0417. The van der Waals surface area contributed by atoms with Crippen molar-refractivity contribution in [2.24, 2.45) is 5.92 Å².